The van der Waals surface area contributed by atoms with Gasteiger partial charge < -0.3 is 4.74 Å². The van der Waals surface area contributed by atoms with Crippen LogP contribution >= 0.6 is 0 Å². The van der Waals surface area contributed by atoms with Crippen molar-refractivity contribution in [2.45, 2.75) is 33.2 Å². The lowest BCUT2D eigenvalue weighted by atomic mass is 10.1. The first-order valence-corrected chi connectivity index (χ1v) is 12.0. The maximum atomic E-state index is 5.99. The lowest BCUT2D eigenvalue weighted by Gasteiger charge is -2.10. The third kappa shape index (κ3) is 4.71. The molecule has 0 fully saturated rings. The second-order valence-electron chi connectivity index (χ2n) is 7.25. The molecule has 25 heavy (non-hydrogen) atoms. The van der Waals surface area contributed by atoms with E-state index in [1.54, 1.807) is 0 Å². The van der Waals surface area contributed by atoms with E-state index in [4.69, 9.17) is 4.74 Å². The molecule has 1 heterocycles. The average molecular weight is 346 g/mol. The summed E-state index contributed by atoms with van der Waals surface area (Å²) in [7, 11) is -1.34. The van der Waals surface area contributed by atoms with Gasteiger partial charge in [0.25, 0.3) is 0 Å². The van der Waals surface area contributed by atoms with Crippen molar-refractivity contribution in [2.24, 2.45) is 0 Å². The zero-order valence-corrected chi connectivity index (χ0v) is 16.3. The number of nitrogens with zero attached hydrogens (tertiary/aromatic N) is 1. The van der Waals surface area contributed by atoms with Gasteiger partial charge in [-0.1, -0.05) is 43.8 Å². The minimum Gasteiger partial charge on any atom is -0.489 e. The van der Waals surface area contributed by atoms with Gasteiger partial charge in [-0.05, 0) is 43.3 Å². The summed E-state index contributed by atoms with van der Waals surface area (Å²) < 4.78 is 5.99. The molecule has 3 aromatic rings. The van der Waals surface area contributed by atoms with Crippen LogP contribution in [0.15, 0.2) is 54.6 Å². The molecule has 3 heteroatoms. The van der Waals surface area contributed by atoms with E-state index in [0.29, 0.717) is 6.61 Å². The van der Waals surface area contributed by atoms with Crippen molar-refractivity contribution in [2.75, 3.05) is 0 Å². The Morgan fingerprint density at radius 2 is 1.72 bits per heavy atom. The second-order valence-corrected chi connectivity index (χ2v) is 12.0. The Labute approximate surface area is 150 Å². The first-order chi connectivity index (χ1) is 11.9. The molecular weight excluding hydrogens is 322 g/mol. The predicted molar refractivity (Wildman–Crippen MR) is 107 cm³/mol. The van der Waals surface area contributed by atoms with Crippen LogP contribution in [0, 0.1) is 18.4 Å². The summed E-state index contributed by atoms with van der Waals surface area (Å²) in [6.45, 7) is 9.29. The lowest BCUT2D eigenvalue weighted by Crippen LogP contribution is -2.16. The topological polar surface area (TPSA) is 22.1 Å². The summed E-state index contributed by atoms with van der Waals surface area (Å²) >= 11 is 0. The van der Waals surface area contributed by atoms with Crippen LogP contribution in [0.4, 0.5) is 0 Å². The molecule has 0 unspecified atom stereocenters. The van der Waals surface area contributed by atoms with E-state index in [1.165, 1.54) is 0 Å². The van der Waals surface area contributed by atoms with E-state index >= 15 is 0 Å². The molecule has 0 aliphatic rings. The Morgan fingerprint density at radius 3 is 2.44 bits per heavy atom. The zero-order chi connectivity index (χ0) is 17.9. The van der Waals surface area contributed by atoms with Crippen molar-refractivity contribution in [1.29, 1.82) is 0 Å². The van der Waals surface area contributed by atoms with Crippen molar-refractivity contribution in [3.05, 3.63) is 71.4 Å². The number of hydrogen-bond acceptors (Lipinski definition) is 2. The maximum Gasteiger partial charge on any atom is 0.129 e. The van der Waals surface area contributed by atoms with E-state index in [-0.39, 0.29) is 0 Å². The molecule has 0 amide bonds. The number of benzene rings is 2. The van der Waals surface area contributed by atoms with Gasteiger partial charge in [-0.25, -0.2) is 0 Å². The fourth-order valence-corrected chi connectivity index (χ4v) is 3.09. The zero-order valence-electron chi connectivity index (χ0n) is 15.3. The minimum absolute atomic E-state index is 0.532. The summed E-state index contributed by atoms with van der Waals surface area (Å²) in [5.41, 5.74) is 7.60. The fourth-order valence-electron chi connectivity index (χ4n) is 2.57. The molecule has 0 aliphatic carbocycles. The molecule has 0 aliphatic heterocycles. The van der Waals surface area contributed by atoms with E-state index in [1.807, 2.05) is 49.4 Å². The molecule has 2 nitrogen and oxygen atoms in total. The van der Waals surface area contributed by atoms with Gasteiger partial charge in [0.2, 0.25) is 0 Å². The molecule has 1 aromatic heterocycles. The number of hydrogen-bond donors (Lipinski definition) is 0. The first-order valence-electron chi connectivity index (χ1n) is 8.52. The largest absolute Gasteiger partial charge is 0.489 e. The Hall–Kier alpha value is -2.57. The Morgan fingerprint density at radius 1 is 1.00 bits per heavy atom. The average Bonchev–Trinajstić information content (AvgIpc) is 2.58. The molecule has 126 valence electrons. The number of fused-ring (bicyclic) bond motifs is 1. The van der Waals surface area contributed by atoms with Crippen molar-refractivity contribution in [3.8, 4) is 17.2 Å². The molecule has 0 bridgehead atoms. The van der Waals surface area contributed by atoms with Gasteiger partial charge >= 0.3 is 0 Å². The summed E-state index contributed by atoms with van der Waals surface area (Å²) in [4.78, 5) is 4.58. The van der Waals surface area contributed by atoms with Gasteiger partial charge in [0.1, 0.15) is 20.4 Å². The van der Waals surface area contributed by atoms with Crippen molar-refractivity contribution in [3.63, 3.8) is 0 Å². The lowest BCUT2D eigenvalue weighted by molar-refractivity contribution is 0.307. The van der Waals surface area contributed by atoms with Crippen LogP contribution in [0.3, 0.4) is 0 Å². The molecule has 0 spiro atoms. The van der Waals surface area contributed by atoms with E-state index in [0.717, 1.165) is 33.5 Å². The van der Waals surface area contributed by atoms with Gasteiger partial charge in [-0.15, -0.1) is 5.54 Å². The number of rotatable bonds is 3. The van der Waals surface area contributed by atoms with Crippen molar-refractivity contribution >= 4 is 19.0 Å². The van der Waals surface area contributed by atoms with Crippen LogP contribution in [0.2, 0.25) is 19.6 Å². The van der Waals surface area contributed by atoms with Crippen molar-refractivity contribution < 1.29 is 4.74 Å². The molecule has 0 N–H and O–H groups in total. The van der Waals surface area contributed by atoms with Gasteiger partial charge in [0.15, 0.2) is 0 Å². The molecule has 0 radical (unpaired) electrons. The third-order valence-corrected chi connectivity index (χ3v) is 4.64. The predicted octanol–water partition coefficient (Wildman–Crippen LogP) is 5.35. The van der Waals surface area contributed by atoms with E-state index in [2.05, 4.69) is 48.2 Å². The van der Waals surface area contributed by atoms with Gasteiger partial charge in [0, 0.05) is 22.2 Å². The molecule has 0 atom stereocenters. The number of aromatic nitrogens is 1. The maximum absolute atomic E-state index is 5.99. The first kappa shape index (κ1) is 17.3. The third-order valence-electron chi connectivity index (χ3n) is 3.76. The van der Waals surface area contributed by atoms with Crippen LogP contribution in [0.25, 0.3) is 10.9 Å². The minimum atomic E-state index is -1.34. The van der Waals surface area contributed by atoms with E-state index < -0.39 is 8.07 Å². The highest BCUT2D eigenvalue weighted by atomic mass is 28.3. The second kappa shape index (κ2) is 7.12. The highest BCUT2D eigenvalue weighted by Crippen LogP contribution is 2.21. The smallest absolute Gasteiger partial charge is 0.129 e. The van der Waals surface area contributed by atoms with Crippen LogP contribution in [0.1, 0.15) is 16.8 Å². The number of ether oxygens (including phenoxy) is 1. The standard InChI is InChI=1S/C22H23NOSi/c1-17-15-19(21-7-5-6-8-22(21)23-17)16-24-20-11-9-18(10-12-20)13-14-25(2,3)4/h5-12,15H,16H2,1-4H3. The number of pyridine rings is 1. The highest BCUT2D eigenvalue weighted by molar-refractivity contribution is 6.83. The van der Waals surface area contributed by atoms with Gasteiger partial charge in [0.05, 0.1) is 5.52 Å². The SMILES string of the molecule is Cc1cc(COc2ccc(C#C[Si](C)(C)C)cc2)c2ccccc2n1. The monoisotopic (exact) mass is 345 g/mol. The van der Waals surface area contributed by atoms with Crippen LogP contribution < -0.4 is 4.74 Å². The van der Waals surface area contributed by atoms with Crippen LogP contribution in [0.5, 0.6) is 5.75 Å². The molecule has 0 saturated carbocycles. The Bertz CT molecular complexity index is 944. The Kier molecular flexibility index (Phi) is 4.92. The summed E-state index contributed by atoms with van der Waals surface area (Å²) in [5, 5.41) is 1.14. The summed E-state index contributed by atoms with van der Waals surface area (Å²) in [5.74, 6) is 4.12. The van der Waals surface area contributed by atoms with Gasteiger partial charge in [-0.3, -0.25) is 4.98 Å². The molecular formula is C22H23NOSi. The summed E-state index contributed by atoms with van der Waals surface area (Å²) in [6, 6.07) is 18.3. The Balaban J connectivity index is 1.75. The highest BCUT2D eigenvalue weighted by Gasteiger charge is 2.07. The molecule has 2 aromatic carbocycles. The number of aryl methyl sites for hydroxylation is 1. The molecule has 0 saturated heterocycles. The fraction of sp³-hybridized carbons (Fsp3) is 0.227. The summed E-state index contributed by atoms with van der Waals surface area (Å²) in [6.07, 6.45) is 0. The van der Waals surface area contributed by atoms with E-state index in [9.17, 15) is 0 Å². The molecule has 3 rings (SSSR count). The van der Waals surface area contributed by atoms with Crippen LogP contribution in [-0.4, -0.2) is 13.1 Å². The normalized spacial score (nSPS) is 11.0. The quantitative estimate of drug-likeness (QED) is 0.471. The van der Waals surface area contributed by atoms with Gasteiger partial charge in [-0.2, -0.15) is 0 Å². The number of para-hydroxylation sites is 1. The van der Waals surface area contributed by atoms with Crippen molar-refractivity contribution in [1.82, 2.24) is 4.98 Å². The van der Waals surface area contributed by atoms with Crippen LogP contribution in [-0.2, 0) is 6.61 Å².